The monoisotopic (exact) mass is 699 g/mol. The Morgan fingerprint density at radius 2 is 0.981 bits per heavy atom. The summed E-state index contributed by atoms with van der Waals surface area (Å²) in [6, 6.07) is 59.0. The first-order chi connectivity index (χ1) is 25.8. The highest BCUT2D eigenvalue weighted by atomic mass is 32.1. The number of para-hydroxylation sites is 1. The number of anilines is 3. The second-order valence-electron chi connectivity index (χ2n) is 13.4. The number of aromatic nitrogens is 2. The molecule has 4 heterocycles. The van der Waals surface area contributed by atoms with E-state index in [2.05, 4.69) is 155 Å². The van der Waals surface area contributed by atoms with Crippen molar-refractivity contribution in [3.05, 3.63) is 197 Å². The largest absolute Gasteiger partial charge is 0.310 e. The Kier molecular flexibility index (Phi) is 6.51. The molecular formula is C47H29N3S2. The lowest BCUT2D eigenvalue weighted by atomic mass is 9.65. The number of rotatable bonds is 4. The van der Waals surface area contributed by atoms with Gasteiger partial charge in [-0.25, -0.2) is 9.97 Å². The predicted molar refractivity (Wildman–Crippen MR) is 217 cm³/mol. The van der Waals surface area contributed by atoms with Crippen molar-refractivity contribution in [3.8, 4) is 43.7 Å². The van der Waals surface area contributed by atoms with Crippen molar-refractivity contribution in [1.29, 1.82) is 0 Å². The van der Waals surface area contributed by atoms with Crippen molar-refractivity contribution < 1.29 is 0 Å². The van der Waals surface area contributed by atoms with Crippen LogP contribution in [0.25, 0.3) is 54.4 Å². The summed E-state index contributed by atoms with van der Waals surface area (Å²) in [5.41, 5.74) is 13.5. The van der Waals surface area contributed by atoms with Crippen molar-refractivity contribution in [1.82, 2.24) is 9.97 Å². The van der Waals surface area contributed by atoms with Gasteiger partial charge >= 0.3 is 0 Å². The zero-order valence-corrected chi connectivity index (χ0v) is 29.5. The maximum atomic E-state index is 5.11. The first kappa shape index (κ1) is 29.6. The van der Waals surface area contributed by atoms with E-state index in [1.165, 1.54) is 54.2 Å². The van der Waals surface area contributed by atoms with Gasteiger partial charge in [0.2, 0.25) is 0 Å². The van der Waals surface area contributed by atoms with Crippen molar-refractivity contribution >= 4 is 50.5 Å². The normalized spacial score (nSPS) is 13.5. The molecule has 0 saturated carbocycles. The minimum atomic E-state index is -0.389. The predicted octanol–water partition coefficient (Wildman–Crippen LogP) is 12.9. The van der Waals surface area contributed by atoms with Crippen LogP contribution >= 0.6 is 22.7 Å². The average molecular weight is 700 g/mol. The Labute approximate surface area is 309 Å². The van der Waals surface area contributed by atoms with Gasteiger partial charge in [0.1, 0.15) is 0 Å². The lowest BCUT2D eigenvalue weighted by molar-refractivity contribution is 0.757. The van der Waals surface area contributed by atoms with E-state index < -0.39 is 0 Å². The highest BCUT2D eigenvalue weighted by Gasteiger charge is 2.53. The Balaban J connectivity index is 1.11. The third-order valence-corrected chi connectivity index (χ3v) is 12.6. The van der Waals surface area contributed by atoms with E-state index in [-0.39, 0.29) is 5.41 Å². The Bertz CT molecular complexity index is 2700. The van der Waals surface area contributed by atoms with E-state index in [4.69, 9.17) is 9.97 Å². The van der Waals surface area contributed by atoms with Crippen molar-refractivity contribution in [2.75, 3.05) is 4.90 Å². The summed E-state index contributed by atoms with van der Waals surface area (Å²) < 4.78 is 0. The molecule has 0 saturated heterocycles. The van der Waals surface area contributed by atoms with E-state index in [0.717, 1.165) is 33.8 Å². The lowest BCUT2D eigenvalue weighted by Crippen LogP contribution is -2.35. The number of nitrogens with zero attached hydrogens (tertiary/aromatic N) is 3. The minimum Gasteiger partial charge on any atom is -0.310 e. The van der Waals surface area contributed by atoms with E-state index >= 15 is 0 Å². The molecule has 1 aliphatic carbocycles. The van der Waals surface area contributed by atoms with Gasteiger partial charge in [-0.1, -0.05) is 115 Å². The third-order valence-electron chi connectivity index (χ3n) is 10.7. The summed E-state index contributed by atoms with van der Waals surface area (Å²) in [6.07, 6.45) is 0. The third kappa shape index (κ3) is 4.24. The molecule has 52 heavy (non-hydrogen) atoms. The first-order valence-corrected chi connectivity index (χ1v) is 19.2. The molecule has 0 atom stereocenters. The first-order valence-electron chi connectivity index (χ1n) is 17.5. The fraction of sp³-hybridized carbons (Fsp3) is 0.0213. The van der Waals surface area contributed by atoms with Gasteiger partial charge in [-0.3, -0.25) is 0 Å². The van der Waals surface area contributed by atoms with Crippen LogP contribution in [0.4, 0.5) is 17.1 Å². The van der Waals surface area contributed by atoms with E-state index in [0.29, 0.717) is 5.82 Å². The molecule has 1 spiro atoms. The summed E-state index contributed by atoms with van der Waals surface area (Å²) in [5, 5.41) is 7.02. The van der Waals surface area contributed by atoms with Crippen LogP contribution in [0.15, 0.2) is 175 Å². The second kappa shape index (κ2) is 11.4. The highest BCUT2D eigenvalue weighted by molar-refractivity contribution is 7.21. The van der Waals surface area contributed by atoms with E-state index in [1.807, 2.05) is 46.9 Å². The molecule has 0 bridgehead atoms. The number of hydrogen-bond donors (Lipinski definition) is 0. The molecule has 0 N–H and O–H groups in total. The number of benzene rings is 6. The molecule has 3 aromatic heterocycles. The molecule has 0 amide bonds. The summed E-state index contributed by atoms with van der Waals surface area (Å²) in [6.45, 7) is 0. The van der Waals surface area contributed by atoms with Gasteiger partial charge in [0.05, 0.1) is 28.2 Å². The topological polar surface area (TPSA) is 29.0 Å². The van der Waals surface area contributed by atoms with Gasteiger partial charge < -0.3 is 4.90 Å². The van der Waals surface area contributed by atoms with Crippen LogP contribution in [0.1, 0.15) is 22.3 Å². The fourth-order valence-electron chi connectivity index (χ4n) is 8.39. The van der Waals surface area contributed by atoms with Crippen LogP contribution in [-0.4, -0.2) is 9.97 Å². The maximum absolute atomic E-state index is 5.11. The Morgan fingerprint density at radius 1 is 0.423 bits per heavy atom. The van der Waals surface area contributed by atoms with Crippen LogP contribution in [0, 0.1) is 0 Å². The van der Waals surface area contributed by atoms with E-state index in [1.54, 1.807) is 0 Å². The molecule has 1 aliphatic heterocycles. The lowest BCUT2D eigenvalue weighted by Gasteiger charge is -2.44. The zero-order valence-electron chi connectivity index (χ0n) is 27.9. The highest BCUT2D eigenvalue weighted by Crippen LogP contribution is 2.65. The molecule has 11 rings (SSSR count). The van der Waals surface area contributed by atoms with Gasteiger partial charge in [-0.2, -0.15) is 0 Å². The summed E-state index contributed by atoms with van der Waals surface area (Å²) >= 11 is 3.72. The number of thiophene rings is 2. The number of fused-ring (bicyclic) bond motifs is 10. The molecule has 6 aromatic carbocycles. The SMILES string of the molecule is c1ccc(-c2cc(-c3ccc(N4c5ccccc5C5(c6cc7ccccc7cc64)c4ccsc4-c4sccc45)cc3)nc(-c3ccccc3)n2)cc1. The van der Waals surface area contributed by atoms with Crippen molar-refractivity contribution in [2.45, 2.75) is 5.41 Å². The van der Waals surface area contributed by atoms with Gasteiger partial charge in [0.15, 0.2) is 5.82 Å². The zero-order chi connectivity index (χ0) is 34.2. The Hall–Kier alpha value is -6.14. The summed E-state index contributed by atoms with van der Waals surface area (Å²) in [5.74, 6) is 0.717. The van der Waals surface area contributed by atoms with Crippen LogP contribution in [0.3, 0.4) is 0 Å². The van der Waals surface area contributed by atoms with Crippen LogP contribution in [-0.2, 0) is 5.41 Å². The van der Waals surface area contributed by atoms with Crippen LogP contribution in [0.5, 0.6) is 0 Å². The Morgan fingerprint density at radius 3 is 1.65 bits per heavy atom. The van der Waals surface area contributed by atoms with Crippen LogP contribution in [0.2, 0.25) is 0 Å². The van der Waals surface area contributed by atoms with Crippen molar-refractivity contribution in [2.24, 2.45) is 0 Å². The van der Waals surface area contributed by atoms with Gasteiger partial charge in [-0.05, 0) is 92.3 Å². The van der Waals surface area contributed by atoms with Crippen molar-refractivity contribution in [3.63, 3.8) is 0 Å². The molecule has 2 aliphatic rings. The van der Waals surface area contributed by atoms with E-state index in [9.17, 15) is 0 Å². The molecule has 244 valence electrons. The molecule has 3 nitrogen and oxygen atoms in total. The minimum absolute atomic E-state index is 0.389. The van der Waals surface area contributed by atoms with Gasteiger partial charge in [0, 0.05) is 32.1 Å². The summed E-state index contributed by atoms with van der Waals surface area (Å²) in [4.78, 5) is 15.4. The smallest absolute Gasteiger partial charge is 0.160 e. The molecule has 0 unspecified atom stereocenters. The molecule has 9 aromatic rings. The van der Waals surface area contributed by atoms with Gasteiger partial charge in [-0.15, -0.1) is 22.7 Å². The standard InChI is InChI=1S/C47H29N3S2/c1-3-11-30(12-4-1)40-29-41(49-46(48-40)32-13-5-2-6-14-32)31-19-21-35(22-20-31)50-42-18-10-9-17-36(42)47(37-23-25-51-44(37)45-38(47)24-26-52-45)39-27-33-15-7-8-16-34(33)28-43(39)50/h1-29H. The molecule has 0 radical (unpaired) electrons. The quantitative estimate of drug-likeness (QED) is 0.183. The second-order valence-corrected chi connectivity index (χ2v) is 15.2. The average Bonchev–Trinajstić information content (AvgIpc) is 3.95. The van der Waals surface area contributed by atoms with Gasteiger partial charge in [0.25, 0.3) is 0 Å². The molecular weight excluding hydrogens is 671 g/mol. The maximum Gasteiger partial charge on any atom is 0.160 e. The molecule has 5 heteroatoms. The fourth-order valence-corrected chi connectivity index (χ4v) is 10.5. The molecule has 0 fully saturated rings. The summed E-state index contributed by atoms with van der Waals surface area (Å²) in [7, 11) is 0. The number of hydrogen-bond acceptors (Lipinski definition) is 5. The van der Waals surface area contributed by atoms with Crippen LogP contribution < -0.4 is 4.90 Å².